The summed E-state index contributed by atoms with van der Waals surface area (Å²) in [5.74, 6) is 0.172. The molecule has 3 rings (SSSR count). The fourth-order valence-electron chi connectivity index (χ4n) is 2.32. The lowest BCUT2D eigenvalue weighted by atomic mass is 9.96. The zero-order chi connectivity index (χ0) is 10.4. The highest BCUT2D eigenvalue weighted by atomic mass is 16.1. The summed E-state index contributed by atoms with van der Waals surface area (Å²) in [6.45, 7) is 0. The molecule has 0 radical (unpaired) electrons. The average Bonchev–Trinajstić information content (AvgIpc) is 2.54. The van der Waals surface area contributed by atoms with Crippen molar-refractivity contribution >= 4 is 17.0 Å². The van der Waals surface area contributed by atoms with Gasteiger partial charge in [-0.25, -0.2) is 0 Å². The van der Waals surface area contributed by atoms with Crippen molar-refractivity contribution in [3.63, 3.8) is 0 Å². The Bertz CT molecular complexity index is 581. The number of hydrogen-bond donors (Lipinski definition) is 3. The Morgan fingerprint density at radius 1 is 1.20 bits per heavy atom. The monoisotopic (exact) mass is 204 g/mol. The van der Waals surface area contributed by atoms with Crippen LogP contribution in [0, 0.1) is 0 Å². The number of anilines is 1. The quantitative estimate of drug-likeness (QED) is 0.590. The Hall–Kier alpha value is -1.78. The second kappa shape index (κ2) is 2.85. The van der Waals surface area contributed by atoms with Crippen LogP contribution in [0.5, 0.6) is 0 Å². The summed E-state index contributed by atoms with van der Waals surface area (Å²) in [5, 5.41) is 0.693. The molecule has 2 aromatic rings. The van der Waals surface area contributed by atoms with Crippen molar-refractivity contribution in [2.75, 3.05) is 5.73 Å². The highest BCUT2D eigenvalue weighted by Gasteiger charge is 2.18. The molecule has 1 aliphatic carbocycles. The van der Waals surface area contributed by atoms with Gasteiger partial charge < -0.3 is 10.7 Å². The van der Waals surface area contributed by atoms with Crippen molar-refractivity contribution in [3.05, 3.63) is 21.6 Å². The SMILES string of the molecule is Nc1nc2[nH]c3c(c2c(=O)[nH]1)CCCC3. The topological polar surface area (TPSA) is 87.6 Å². The lowest BCUT2D eigenvalue weighted by Crippen LogP contribution is -2.12. The minimum Gasteiger partial charge on any atom is -0.369 e. The molecule has 0 unspecified atom stereocenters. The second-order valence-corrected chi connectivity index (χ2v) is 3.96. The van der Waals surface area contributed by atoms with Gasteiger partial charge >= 0.3 is 0 Å². The van der Waals surface area contributed by atoms with E-state index in [-0.39, 0.29) is 11.5 Å². The maximum absolute atomic E-state index is 11.7. The molecule has 15 heavy (non-hydrogen) atoms. The van der Waals surface area contributed by atoms with Crippen LogP contribution in [0.4, 0.5) is 5.95 Å². The van der Waals surface area contributed by atoms with Crippen LogP contribution >= 0.6 is 0 Å². The summed E-state index contributed by atoms with van der Waals surface area (Å²) in [4.78, 5) is 21.6. The molecule has 2 aromatic heterocycles. The Balaban J connectivity index is 2.42. The molecule has 2 heterocycles. The van der Waals surface area contributed by atoms with Crippen LogP contribution in [0.1, 0.15) is 24.1 Å². The lowest BCUT2D eigenvalue weighted by Gasteiger charge is -2.09. The molecule has 0 aromatic carbocycles. The number of nitrogens with two attached hydrogens (primary N) is 1. The lowest BCUT2D eigenvalue weighted by molar-refractivity contribution is 0.679. The maximum atomic E-state index is 11.7. The molecule has 0 saturated carbocycles. The molecular formula is C10H12N4O. The molecule has 0 aliphatic heterocycles. The zero-order valence-electron chi connectivity index (χ0n) is 8.26. The number of aromatic nitrogens is 3. The largest absolute Gasteiger partial charge is 0.369 e. The molecule has 0 amide bonds. The molecular weight excluding hydrogens is 192 g/mol. The fraction of sp³-hybridized carbons (Fsp3) is 0.400. The standard InChI is InChI=1S/C10H12N4O/c11-10-13-8-7(9(15)14-10)5-3-1-2-4-6(5)12-8/h1-4H2,(H4,11,12,13,14,15). The zero-order valence-corrected chi connectivity index (χ0v) is 8.26. The Morgan fingerprint density at radius 3 is 2.87 bits per heavy atom. The van der Waals surface area contributed by atoms with E-state index < -0.39 is 0 Å². The van der Waals surface area contributed by atoms with Crippen molar-refractivity contribution in [1.82, 2.24) is 15.0 Å². The number of nitrogens with one attached hydrogen (secondary N) is 2. The van der Waals surface area contributed by atoms with Gasteiger partial charge in [-0.2, -0.15) is 4.98 Å². The van der Waals surface area contributed by atoms with Crippen LogP contribution in [0.3, 0.4) is 0 Å². The molecule has 0 saturated heterocycles. The second-order valence-electron chi connectivity index (χ2n) is 3.96. The molecule has 5 nitrogen and oxygen atoms in total. The summed E-state index contributed by atoms with van der Waals surface area (Å²) in [5.41, 5.74) is 8.28. The Morgan fingerprint density at radius 2 is 2.00 bits per heavy atom. The number of rotatable bonds is 0. The molecule has 1 aliphatic rings. The number of hydrogen-bond acceptors (Lipinski definition) is 3. The van der Waals surface area contributed by atoms with E-state index in [1.54, 1.807) is 0 Å². The van der Waals surface area contributed by atoms with Crippen molar-refractivity contribution in [3.8, 4) is 0 Å². The van der Waals surface area contributed by atoms with E-state index in [0.717, 1.165) is 30.5 Å². The fourth-order valence-corrected chi connectivity index (χ4v) is 2.32. The van der Waals surface area contributed by atoms with Gasteiger partial charge in [-0.1, -0.05) is 0 Å². The molecule has 0 fully saturated rings. The van der Waals surface area contributed by atoms with E-state index in [1.807, 2.05) is 0 Å². The number of aromatic amines is 2. The third-order valence-electron chi connectivity index (χ3n) is 2.98. The molecule has 0 spiro atoms. The Labute approximate surface area is 85.7 Å². The predicted octanol–water partition coefficient (Wildman–Crippen LogP) is 0.712. The van der Waals surface area contributed by atoms with Crippen LogP contribution in [0.15, 0.2) is 4.79 Å². The van der Waals surface area contributed by atoms with Crippen LogP contribution in [0.25, 0.3) is 11.0 Å². The first-order chi connectivity index (χ1) is 7.25. The maximum Gasteiger partial charge on any atom is 0.262 e. The first-order valence-corrected chi connectivity index (χ1v) is 5.15. The van der Waals surface area contributed by atoms with Gasteiger partial charge in [0.2, 0.25) is 5.95 Å². The minimum atomic E-state index is -0.128. The first kappa shape index (κ1) is 8.52. The highest BCUT2D eigenvalue weighted by molar-refractivity contribution is 5.81. The summed E-state index contributed by atoms with van der Waals surface area (Å²) >= 11 is 0. The van der Waals surface area contributed by atoms with Crippen LogP contribution in [-0.2, 0) is 12.8 Å². The van der Waals surface area contributed by atoms with E-state index >= 15 is 0 Å². The number of nitrogens with zero attached hydrogens (tertiary/aromatic N) is 1. The summed E-state index contributed by atoms with van der Waals surface area (Å²) in [6, 6.07) is 0. The summed E-state index contributed by atoms with van der Waals surface area (Å²) < 4.78 is 0. The number of nitrogen functional groups attached to an aromatic ring is 1. The minimum absolute atomic E-state index is 0.128. The van der Waals surface area contributed by atoms with Gasteiger partial charge in [0.25, 0.3) is 5.56 Å². The highest BCUT2D eigenvalue weighted by Crippen LogP contribution is 2.25. The van der Waals surface area contributed by atoms with Crippen LogP contribution in [-0.4, -0.2) is 15.0 Å². The van der Waals surface area contributed by atoms with Gasteiger partial charge in [0.05, 0.1) is 5.39 Å². The molecule has 0 atom stereocenters. The Kier molecular flexibility index (Phi) is 1.62. The van der Waals surface area contributed by atoms with Gasteiger partial charge in [0.15, 0.2) is 0 Å². The third kappa shape index (κ3) is 1.16. The van der Waals surface area contributed by atoms with E-state index in [1.165, 1.54) is 6.42 Å². The summed E-state index contributed by atoms with van der Waals surface area (Å²) in [6.07, 6.45) is 4.28. The van der Waals surface area contributed by atoms with Crippen molar-refractivity contribution in [2.24, 2.45) is 0 Å². The van der Waals surface area contributed by atoms with E-state index in [2.05, 4.69) is 15.0 Å². The number of fused-ring (bicyclic) bond motifs is 3. The van der Waals surface area contributed by atoms with Gasteiger partial charge in [-0.05, 0) is 31.2 Å². The molecule has 78 valence electrons. The van der Waals surface area contributed by atoms with Crippen LogP contribution in [0.2, 0.25) is 0 Å². The number of H-pyrrole nitrogens is 2. The summed E-state index contributed by atoms with van der Waals surface area (Å²) in [7, 11) is 0. The van der Waals surface area contributed by atoms with E-state index in [9.17, 15) is 4.79 Å². The van der Waals surface area contributed by atoms with Crippen molar-refractivity contribution in [2.45, 2.75) is 25.7 Å². The normalized spacial score (nSPS) is 15.5. The van der Waals surface area contributed by atoms with Crippen molar-refractivity contribution in [1.29, 1.82) is 0 Å². The third-order valence-corrected chi connectivity index (χ3v) is 2.98. The first-order valence-electron chi connectivity index (χ1n) is 5.15. The van der Waals surface area contributed by atoms with Gasteiger partial charge in [0, 0.05) is 5.69 Å². The van der Waals surface area contributed by atoms with Crippen LogP contribution < -0.4 is 11.3 Å². The average molecular weight is 204 g/mol. The smallest absolute Gasteiger partial charge is 0.262 e. The van der Waals surface area contributed by atoms with Gasteiger partial charge in [0.1, 0.15) is 5.65 Å². The van der Waals surface area contributed by atoms with Crippen molar-refractivity contribution < 1.29 is 0 Å². The number of aryl methyl sites for hydroxylation is 2. The molecule has 5 heteroatoms. The molecule has 0 bridgehead atoms. The molecule has 4 N–H and O–H groups in total. The van der Waals surface area contributed by atoms with Gasteiger partial charge in [-0.15, -0.1) is 0 Å². The predicted molar refractivity (Wildman–Crippen MR) is 57.8 cm³/mol. The van der Waals surface area contributed by atoms with E-state index in [4.69, 9.17) is 5.73 Å². The van der Waals surface area contributed by atoms with E-state index in [0.29, 0.717) is 11.0 Å². The van der Waals surface area contributed by atoms with Gasteiger partial charge in [-0.3, -0.25) is 9.78 Å².